The first-order valence-corrected chi connectivity index (χ1v) is 13.7. The van der Waals surface area contributed by atoms with Crippen LogP contribution in [-0.2, 0) is 8.98 Å². The number of benzene rings is 3. The van der Waals surface area contributed by atoms with Crippen LogP contribution in [0.25, 0.3) is 0 Å². The number of halogens is 17. The molecule has 0 saturated carbocycles. The van der Waals surface area contributed by atoms with E-state index in [-0.39, 0.29) is 14.7 Å². The topological polar surface area (TPSA) is 26.3 Å². The Labute approximate surface area is 253 Å². The number of alkyl halides is 17. The molecule has 3 aromatic carbocycles. The average Bonchev–Trinajstić information content (AvgIpc) is 2.99. The Kier molecular flexibility index (Phi) is 9.45. The molecule has 0 radical (unpaired) electrons. The maximum absolute atomic E-state index is 15.0. The fourth-order valence-electron chi connectivity index (χ4n) is 3.85. The minimum absolute atomic E-state index is 0.317. The fraction of sp³-hybridized carbons (Fsp3) is 0.296. The lowest BCUT2D eigenvalue weighted by atomic mass is 9.89. The molecule has 0 bridgehead atoms. The summed E-state index contributed by atoms with van der Waals surface area (Å²) in [7, 11) is -4.13. The highest BCUT2D eigenvalue weighted by atomic mass is 32.3. The first-order valence-electron chi connectivity index (χ1n) is 12.1. The largest absolute Gasteiger partial charge is 0.460 e. The molecule has 0 spiro atoms. The molecule has 0 saturated heterocycles. The van der Waals surface area contributed by atoms with Gasteiger partial charge in [-0.15, -0.1) is 0 Å². The summed E-state index contributed by atoms with van der Waals surface area (Å²) in [6, 6.07) is 17.5. The van der Waals surface area contributed by atoms with Crippen LogP contribution >= 0.6 is 10.3 Å². The quantitative estimate of drug-likeness (QED) is 0.184. The molecule has 3 aromatic rings. The zero-order valence-electron chi connectivity index (χ0n) is 22.3. The van der Waals surface area contributed by atoms with E-state index in [1.165, 1.54) is 54.6 Å². The standard InChI is InChI=1S/C27H15F17O2S/c28-20(29,21(30,31)22(32,33)23(34,35)24(36,37)25(38,39)26(40,41)27(42,43)44)19(45)46-47(16-10-4-1-5-11-16,17-12-6-2-7-13-17)18-14-8-3-9-15-18/h1-15H. The maximum atomic E-state index is 15.0. The van der Waals surface area contributed by atoms with Gasteiger partial charge in [-0.2, -0.15) is 74.6 Å². The minimum atomic E-state index is -8.83. The summed E-state index contributed by atoms with van der Waals surface area (Å²) < 4.78 is 240. The third-order valence-electron chi connectivity index (χ3n) is 6.40. The van der Waals surface area contributed by atoms with Crippen LogP contribution in [0.2, 0.25) is 0 Å². The van der Waals surface area contributed by atoms with Crippen molar-refractivity contribution in [2.24, 2.45) is 0 Å². The Bertz CT molecular complexity index is 1450. The van der Waals surface area contributed by atoms with Gasteiger partial charge in [-0.3, -0.25) is 0 Å². The first kappa shape index (κ1) is 37.7. The van der Waals surface area contributed by atoms with Crippen molar-refractivity contribution in [3.8, 4) is 0 Å². The van der Waals surface area contributed by atoms with Crippen molar-refractivity contribution in [1.29, 1.82) is 0 Å². The third-order valence-corrected chi connectivity index (χ3v) is 9.61. The molecule has 0 atom stereocenters. The van der Waals surface area contributed by atoms with Crippen molar-refractivity contribution in [2.45, 2.75) is 62.3 Å². The lowest BCUT2D eigenvalue weighted by molar-refractivity contribution is -0.459. The van der Waals surface area contributed by atoms with E-state index in [0.717, 1.165) is 36.4 Å². The first-order chi connectivity index (χ1) is 21.2. The van der Waals surface area contributed by atoms with E-state index < -0.39 is 63.9 Å². The molecule has 260 valence electrons. The second-order valence-corrected chi connectivity index (χ2v) is 12.1. The molecule has 47 heavy (non-hydrogen) atoms. The molecule has 0 aliphatic rings. The van der Waals surface area contributed by atoms with E-state index in [9.17, 15) is 70.7 Å². The Morgan fingerprint density at radius 2 is 0.660 bits per heavy atom. The summed E-state index contributed by atoms with van der Waals surface area (Å²) >= 11 is 0. The number of rotatable bonds is 11. The predicted molar refractivity (Wildman–Crippen MR) is 128 cm³/mol. The molecule has 0 amide bonds. The summed E-state index contributed by atoms with van der Waals surface area (Å²) in [5, 5.41) is 0. The second kappa shape index (κ2) is 11.8. The number of carbonyl (C=O) groups is 1. The smallest absolute Gasteiger partial charge is 0.397 e. The van der Waals surface area contributed by atoms with Gasteiger partial charge in [0.25, 0.3) is 0 Å². The summed E-state index contributed by atoms with van der Waals surface area (Å²) in [6.45, 7) is 0. The molecule has 2 nitrogen and oxygen atoms in total. The van der Waals surface area contributed by atoms with Crippen molar-refractivity contribution in [1.82, 2.24) is 0 Å². The molecule has 0 aliphatic carbocycles. The Morgan fingerprint density at radius 3 is 0.936 bits per heavy atom. The van der Waals surface area contributed by atoms with Gasteiger partial charge in [0.15, 0.2) is 0 Å². The van der Waals surface area contributed by atoms with Gasteiger partial charge >= 0.3 is 53.6 Å². The van der Waals surface area contributed by atoms with Crippen LogP contribution < -0.4 is 0 Å². The average molecular weight is 726 g/mol. The van der Waals surface area contributed by atoms with Gasteiger partial charge in [-0.25, -0.2) is 4.79 Å². The summed E-state index contributed by atoms with van der Waals surface area (Å²) in [5.41, 5.74) is 0. The highest BCUT2D eigenvalue weighted by Crippen LogP contribution is 2.70. The SMILES string of the molecule is O=C(OS(c1ccccc1)(c1ccccc1)c1ccccc1)C(F)(F)C(F)(F)C(F)(F)C(F)(F)C(F)(F)C(F)(F)C(F)(F)C(F)(F)F. The number of carbonyl (C=O) groups excluding carboxylic acids is 1. The molecule has 3 rings (SSSR count). The molecular weight excluding hydrogens is 711 g/mol. The van der Waals surface area contributed by atoms with Gasteiger partial charge in [0, 0.05) is 14.7 Å². The van der Waals surface area contributed by atoms with Gasteiger partial charge in [-0.05, 0) is 46.7 Å². The predicted octanol–water partition coefficient (Wildman–Crippen LogP) is 10.4. The molecule has 0 N–H and O–H groups in total. The molecule has 20 heteroatoms. The molecule has 0 aromatic heterocycles. The molecule has 0 fully saturated rings. The fourth-order valence-corrected chi connectivity index (χ4v) is 6.91. The normalized spacial score (nSPS) is 14.9. The molecular formula is C27H15F17O2S. The Morgan fingerprint density at radius 1 is 0.404 bits per heavy atom. The van der Waals surface area contributed by atoms with E-state index in [1.807, 2.05) is 0 Å². The third kappa shape index (κ3) is 5.44. The van der Waals surface area contributed by atoms with Crippen molar-refractivity contribution < 1.29 is 83.6 Å². The zero-order valence-corrected chi connectivity index (χ0v) is 23.1. The summed E-state index contributed by atoms with van der Waals surface area (Å²) in [4.78, 5) is 11.8. The minimum Gasteiger partial charge on any atom is -0.397 e. The summed E-state index contributed by atoms with van der Waals surface area (Å²) in [5.74, 6) is -62.7. The van der Waals surface area contributed by atoms with E-state index >= 15 is 8.78 Å². The van der Waals surface area contributed by atoms with E-state index in [2.05, 4.69) is 0 Å². The Balaban J connectivity index is 2.22. The second-order valence-electron chi connectivity index (χ2n) is 9.38. The number of hydrogen-bond donors (Lipinski definition) is 0. The van der Waals surface area contributed by atoms with Crippen molar-refractivity contribution >= 4 is 16.3 Å². The van der Waals surface area contributed by atoms with Crippen molar-refractivity contribution in [3.05, 3.63) is 91.0 Å². The van der Waals surface area contributed by atoms with Crippen molar-refractivity contribution in [3.63, 3.8) is 0 Å². The Hall–Kier alpha value is -3.71. The van der Waals surface area contributed by atoms with Crippen LogP contribution in [0.5, 0.6) is 0 Å². The lowest BCUT2D eigenvalue weighted by Crippen LogP contribution is -2.75. The van der Waals surface area contributed by atoms with E-state index in [1.54, 1.807) is 0 Å². The van der Waals surface area contributed by atoms with Crippen LogP contribution in [0.15, 0.2) is 106 Å². The van der Waals surface area contributed by atoms with E-state index in [4.69, 9.17) is 4.18 Å². The van der Waals surface area contributed by atoms with E-state index in [0.29, 0.717) is 0 Å². The summed E-state index contributed by atoms with van der Waals surface area (Å²) in [6.07, 6.45) is -7.88. The molecule has 0 heterocycles. The van der Waals surface area contributed by atoms with Crippen LogP contribution in [0.3, 0.4) is 0 Å². The lowest BCUT2D eigenvalue weighted by Gasteiger charge is -2.43. The molecule has 0 unspecified atom stereocenters. The van der Waals surface area contributed by atoms with Gasteiger partial charge in [-0.1, -0.05) is 54.6 Å². The van der Waals surface area contributed by atoms with Crippen LogP contribution in [0.4, 0.5) is 74.6 Å². The number of hydrogen-bond acceptors (Lipinski definition) is 2. The van der Waals surface area contributed by atoms with Crippen LogP contribution in [0, 0.1) is 0 Å². The van der Waals surface area contributed by atoms with Crippen LogP contribution in [0.1, 0.15) is 0 Å². The van der Waals surface area contributed by atoms with Crippen LogP contribution in [-0.4, -0.2) is 53.6 Å². The monoisotopic (exact) mass is 726 g/mol. The zero-order chi connectivity index (χ0) is 36.1. The maximum Gasteiger partial charge on any atom is 0.460 e. The van der Waals surface area contributed by atoms with Gasteiger partial charge in [0.2, 0.25) is 0 Å². The van der Waals surface area contributed by atoms with Gasteiger partial charge < -0.3 is 4.18 Å². The van der Waals surface area contributed by atoms with Crippen molar-refractivity contribution in [2.75, 3.05) is 0 Å². The highest BCUT2D eigenvalue weighted by molar-refractivity contribution is 8.30. The van der Waals surface area contributed by atoms with Gasteiger partial charge in [0.1, 0.15) is 0 Å². The molecule has 0 aliphatic heterocycles. The highest BCUT2D eigenvalue weighted by Gasteiger charge is 2.96. The van der Waals surface area contributed by atoms with Gasteiger partial charge in [0.05, 0.1) is 0 Å².